The highest BCUT2D eigenvalue weighted by Crippen LogP contribution is 2.35. The number of nitrogens with zero attached hydrogens (tertiary/aromatic N) is 2. The van der Waals surface area contributed by atoms with Crippen LogP contribution in [0.5, 0.6) is 0 Å². The summed E-state index contributed by atoms with van der Waals surface area (Å²) in [6, 6.07) is 0. The number of anilines is 2. The Balaban J connectivity index is 2.24. The Labute approximate surface area is 127 Å². The van der Waals surface area contributed by atoms with Crippen molar-refractivity contribution < 1.29 is 5.11 Å². The average molecular weight is 292 g/mol. The first-order chi connectivity index (χ1) is 10.1. The van der Waals surface area contributed by atoms with Crippen LogP contribution in [0.25, 0.3) is 0 Å². The first-order valence-electron chi connectivity index (χ1n) is 8.05. The summed E-state index contributed by atoms with van der Waals surface area (Å²) in [6.45, 7) is 4.60. The Hall–Kier alpha value is -1.36. The highest BCUT2D eigenvalue weighted by molar-refractivity contribution is 5.58. The molecule has 0 unspecified atom stereocenters. The molecule has 1 fully saturated rings. The van der Waals surface area contributed by atoms with Crippen molar-refractivity contribution in [3.8, 4) is 0 Å². The Morgan fingerprint density at radius 3 is 2.52 bits per heavy atom. The van der Waals surface area contributed by atoms with Crippen molar-refractivity contribution in [3.63, 3.8) is 0 Å². The molecule has 0 spiro atoms. The molecule has 1 saturated carbocycles. The van der Waals surface area contributed by atoms with Crippen molar-refractivity contribution in [2.75, 3.05) is 24.3 Å². The maximum atomic E-state index is 9.91. The van der Waals surface area contributed by atoms with Gasteiger partial charge in [0.2, 0.25) is 0 Å². The lowest BCUT2D eigenvalue weighted by atomic mass is 9.77. The number of hydrogen-bond donors (Lipinski definition) is 3. The van der Waals surface area contributed by atoms with Gasteiger partial charge in [-0.05, 0) is 38.0 Å². The molecule has 0 aromatic carbocycles. The van der Waals surface area contributed by atoms with Crippen LogP contribution in [0.2, 0.25) is 0 Å². The van der Waals surface area contributed by atoms with E-state index < -0.39 is 0 Å². The van der Waals surface area contributed by atoms with Gasteiger partial charge in [-0.25, -0.2) is 9.97 Å². The molecule has 5 nitrogen and oxygen atoms in total. The summed E-state index contributed by atoms with van der Waals surface area (Å²) in [5.41, 5.74) is 0.892. The van der Waals surface area contributed by atoms with Gasteiger partial charge in [0.25, 0.3) is 0 Å². The standard InChI is InChI=1S/C16H28N4O/c1-4-5-13-14(17-3)18-11-19-15(13)20-16(10-21)8-6-12(2)7-9-16/h11-12,21H,4-10H2,1-3H3,(H2,17,18,19,20). The van der Waals surface area contributed by atoms with Crippen molar-refractivity contribution in [1.29, 1.82) is 0 Å². The van der Waals surface area contributed by atoms with Gasteiger partial charge < -0.3 is 15.7 Å². The largest absolute Gasteiger partial charge is 0.394 e. The second kappa shape index (κ2) is 7.07. The van der Waals surface area contributed by atoms with E-state index >= 15 is 0 Å². The van der Waals surface area contributed by atoms with Crippen LogP contribution in [-0.4, -0.2) is 34.3 Å². The molecular weight excluding hydrogens is 264 g/mol. The molecule has 0 amide bonds. The molecule has 1 heterocycles. The molecule has 21 heavy (non-hydrogen) atoms. The van der Waals surface area contributed by atoms with Crippen LogP contribution in [0.4, 0.5) is 11.6 Å². The van der Waals surface area contributed by atoms with E-state index in [-0.39, 0.29) is 12.1 Å². The van der Waals surface area contributed by atoms with E-state index in [9.17, 15) is 5.11 Å². The highest BCUT2D eigenvalue weighted by Gasteiger charge is 2.34. The summed E-state index contributed by atoms with van der Waals surface area (Å²) in [5, 5.41) is 16.6. The van der Waals surface area contributed by atoms with E-state index in [2.05, 4.69) is 34.4 Å². The monoisotopic (exact) mass is 292 g/mol. The van der Waals surface area contributed by atoms with Crippen LogP contribution in [0.15, 0.2) is 6.33 Å². The lowest BCUT2D eigenvalue weighted by Crippen LogP contribution is -2.45. The van der Waals surface area contributed by atoms with Crippen molar-refractivity contribution in [3.05, 3.63) is 11.9 Å². The second-order valence-corrected chi connectivity index (χ2v) is 6.30. The number of nitrogens with one attached hydrogen (secondary N) is 2. The van der Waals surface area contributed by atoms with E-state index in [0.29, 0.717) is 0 Å². The molecule has 0 radical (unpaired) electrons. The van der Waals surface area contributed by atoms with Crippen molar-refractivity contribution in [2.24, 2.45) is 5.92 Å². The fraction of sp³-hybridized carbons (Fsp3) is 0.750. The van der Waals surface area contributed by atoms with Crippen LogP contribution in [0.3, 0.4) is 0 Å². The first-order valence-corrected chi connectivity index (χ1v) is 8.05. The van der Waals surface area contributed by atoms with Crippen LogP contribution >= 0.6 is 0 Å². The van der Waals surface area contributed by atoms with Crippen LogP contribution in [0.1, 0.15) is 51.5 Å². The third-order valence-corrected chi connectivity index (χ3v) is 4.60. The number of aliphatic hydroxyl groups excluding tert-OH is 1. The van der Waals surface area contributed by atoms with Crippen molar-refractivity contribution in [1.82, 2.24) is 9.97 Å². The smallest absolute Gasteiger partial charge is 0.135 e. The molecule has 118 valence electrons. The maximum absolute atomic E-state index is 9.91. The molecule has 0 bridgehead atoms. The van der Waals surface area contributed by atoms with E-state index in [1.54, 1.807) is 6.33 Å². The zero-order chi connectivity index (χ0) is 15.3. The van der Waals surface area contributed by atoms with Crippen LogP contribution in [-0.2, 0) is 6.42 Å². The Kier molecular flexibility index (Phi) is 5.39. The Bertz CT molecular complexity index is 456. The molecule has 1 aliphatic rings. The number of rotatable bonds is 6. The quantitative estimate of drug-likeness (QED) is 0.752. The molecule has 1 aliphatic carbocycles. The van der Waals surface area contributed by atoms with Gasteiger partial charge in [0, 0.05) is 12.6 Å². The third kappa shape index (κ3) is 3.64. The molecule has 0 atom stereocenters. The van der Waals surface area contributed by atoms with Crippen molar-refractivity contribution in [2.45, 2.75) is 57.9 Å². The van der Waals surface area contributed by atoms with Gasteiger partial charge in [0.15, 0.2) is 0 Å². The fourth-order valence-corrected chi connectivity index (χ4v) is 3.11. The number of aliphatic hydroxyl groups is 1. The summed E-state index contributed by atoms with van der Waals surface area (Å²) in [4.78, 5) is 8.74. The zero-order valence-corrected chi connectivity index (χ0v) is 13.4. The minimum atomic E-state index is -0.228. The second-order valence-electron chi connectivity index (χ2n) is 6.30. The van der Waals surface area contributed by atoms with E-state index in [1.807, 2.05) is 7.05 Å². The fourth-order valence-electron chi connectivity index (χ4n) is 3.11. The predicted octanol–water partition coefficient (Wildman–Crippen LogP) is 2.82. The molecule has 5 heteroatoms. The van der Waals surface area contributed by atoms with Gasteiger partial charge >= 0.3 is 0 Å². The van der Waals surface area contributed by atoms with Crippen LogP contribution < -0.4 is 10.6 Å². The SMILES string of the molecule is CCCc1c(NC)ncnc1NC1(CO)CCC(C)CC1. The topological polar surface area (TPSA) is 70.1 Å². The molecule has 1 aromatic rings. The molecule has 0 aliphatic heterocycles. The van der Waals surface area contributed by atoms with Gasteiger partial charge in [0.1, 0.15) is 18.0 Å². The van der Waals surface area contributed by atoms with Gasteiger partial charge in [-0.15, -0.1) is 0 Å². The number of hydrogen-bond acceptors (Lipinski definition) is 5. The summed E-state index contributed by atoms with van der Waals surface area (Å²) < 4.78 is 0. The molecule has 1 aromatic heterocycles. The first kappa shape index (κ1) is 16.0. The Morgan fingerprint density at radius 2 is 1.95 bits per heavy atom. The summed E-state index contributed by atoms with van der Waals surface area (Å²) in [5.74, 6) is 2.51. The lowest BCUT2D eigenvalue weighted by Gasteiger charge is -2.39. The lowest BCUT2D eigenvalue weighted by molar-refractivity contribution is 0.155. The zero-order valence-electron chi connectivity index (χ0n) is 13.4. The average Bonchev–Trinajstić information content (AvgIpc) is 2.51. The van der Waals surface area contributed by atoms with E-state index in [1.165, 1.54) is 0 Å². The summed E-state index contributed by atoms with van der Waals surface area (Å²) >= 11 is 0. The van der Waals surface area contributed by atoms with Crippen LogP contribution in [0, 0.1) is 5.92 Å². The maximum Gasteiger partial charge on any atom is 0.135 e. The van der Waals surface area contributed by atoms with Gasteiger partial charge in [0.05, 0.1) is 12.1 Å². The number of aromatic nitrogens is 2. The predicted molar refractivity (Wildman–Crippen MR) is 86.6 cm³/mol. The molecule has 2 rings (SSSR count). The van der Waals surface area contributed by atoms with Gasteiger partial charge in [-0.2, -0.15) is 0 Å². The van der Waals surface area contributed by atoms with Gasteiger partial charge in [-0.1, -0.05) is 20.3 Å². The highest BCUT2D eigenvalue weighted by atomic mass is 16.3. The van der Waals surface area contributed by atoms with E-state index in [4.69, 9.17) is 0 Å². The van der Waals surface area contributed by atoms with Gasteiger partial charge in [-0.3, -0.25) is 0 Å². The minimum Gasteiger partial charge on any atom is -0.394 e. The summed E-state index contributed by atoms with van der Waals surface area (Å²) in [6.07, 6.45) is 7.85. The third-order valence-electron chi connectivity index (χ3n) is 4.60. The minimum absolute atomic E-state index is 0.157. The molecular formula is C16H28N4O. The normalized spacial score (nSPS) is 25.6. The molecule has 3 N–H and O–H groups in total. The van der Waals surface area contributed by atoms with Crippen molar-refractivity contribution >= 4 is 11.6 Å². The van der Waals surface area contributed by atoms with E-state index in [0.717, 1.165) is 61.6 Å². The molecule has 0 saturated heterocycles. The summed E-state index contributed by atoms with van der Waals surface area (Å²) in [7, 11) is 1.88. The Morgan fingerprint density at radius 1 is 1.29 bits per heavy atom.